The Labute approximate surface area is 98.1 Å². The summed E-state index contributed by atoms with van der Waals surface area (Å²) in [5, 5.41) is 3.07. The lowest BCUT2D eigenvalue weighted by molar-refractivity contribution is 0.507. The molecule has 0 aliphatic rings. The predicted octanol–water partition coefficient (Wildman–Crippen LogP) is 2.79. The van der Waals surface area contributed by atoms with Crippen molar-refractivity contribution in [1.29, 1.82) is 0 Å². The van der Waals surface area contributed by atoms with Gasteiger partial charge in [-0.1, -0.05) is 6.07 Å². The van der Waals surface area contributed by atoms with Crippen molar-refractivity contribution in [3.63, 3.8) is 0 Å². The Bertz CT molecular complexity index is 508. The molecule has 0 saturated carbocycles. The van der Waals surface area contributed by atoms with Gasteiger partial charge in [-0.2, -0.15) is 0 Å². The summed E-state index contributed by atoms with van der Waals surface area (Å²) >= 11 is 0. The maximum Gasteiger partial charge on any atom is 0.203 e. The second-order valence-electron chi connectivity index (χ2n) is 3.64. The molecule has 0 spiro atoms. The molecular weight excluding hydrogens is 224 g/mol. The van der Waals surface area contributed by atoms with E-state index in [4.69, 9.17) is 0 Å². The third-order valence-corrected chi connectivity index (χ3v) is 2.49. The van der Waals surface area contributed by atoms with Gasteiger partial charge in [0.05, 0.1) is 0 Å². The van der Waals surface area contributed by atoms with Crippen LogP contribution >= 0.6 is 0 Å². The monoisotopic (exact) mass is 237 g/mol. The first-order chi connectivity index (χ1) is 8.20. The number of hydrogen-bond donors (Lipinski definition) is 1. The number of hydrogen-bond acceptors (Lipinski definition) is 2. The van der Waals surface area contributed by atoms with Crippen molar-refractivity contribution < 1.29 is 8.78 Å². The van der Waals surface area contributed by atoms with Crippen LogP contribution in [0.2, 0.25) is 0 Å². The first-order valence-corrected chi connectivity index (χ1v) is 5.39. The van der Waals surface area contributed by atoms with E-state index in [2.05, 4.69) is 10.3 Å². The van der Waals surface area contributed by atoms with Gasteiger partial charge in [-0.15, -0.1) is 0 Å². The number of rotatable bonds is 4. The zero-order valence-corrected chi connectivity index (χ0v) is 9.45. The average molecular weight is 237 g/mol. The quantitative estimate of drug-likeness (QED) is 0.886. The fraction of sp³-hybridized carbons (Fsp3) is 0.250. The summed E-state index contributed by atoms with van der Waals surface area (Å²) in [6.07, 6.45) is 3.55. The van der Waals surface area contributed by atoms with Gasteiger partial charge in [0, 0.05) is 25.5 Å². The van der Waals surface area contributed by atoms with Crippen molar-refractivity contribution in [1.82, 2.24) is 9.55 Å². The van der Waals surface area contributed by atoms with Crippen molar-refractivity contribution >= 4 is 5.95 Å². The number of aryl methyl sites for hydroxylation is 1. The summed E-state index contributed by atoms with van der Waals surface area (Å²) < 4.78 is 27.6. The van der Waals surface area contributed by atoms with Crippen molar-refractivity contribution in [3.05, 3.63) is 47.8 Å². The third kappa shape index (κ3) is 2.61. The highest BCUT2D eigenvalue weighted by atomic mass is 19.2. The molecule has 0 aliphatic heterocycles. The SMILES string of the molecule is CCn1ccnc1NCc1ccc(F)c(F)c1. The number of anilines is 1. The molecule has 0 amide bonds. The number of nitrogens with zero attached hydrogens (tertiary/aromatic N) is 2. The molecule has 1 N–H and O–H groups in total. The molecule has 3 nitrogen and oxygen atoms in total. The minimum Gasteiger partial charge on any atom is -0.352 e. The standard InChI is InChI=1S/C12H13F2N3/c1-2-17-6-5-15-12(17)16-8-9-3-4-10(13)11(14)7-9/h3-7H,2,8H2,1H3,(H,15,16). The molecule has 0 aliphatic carbocycles. The molecule has 0 saturated heterocycles. The van der Waals surface area contributed by atoms with Gasteiger partial charge >= 0.3 is 0 Å². The van der Waals surface area contributed by atoms with Gasteiger partial charge in [-0.25, -0.2) is 13.8 Å². The zero-order valence-electron chi connectivity index (χ0n) is 9.45. The predicted molar refractivity (Wildman–Crippen MR) is 61.6 cm³/mol. The van der Waals surface area contributed by atoms with Gasteiger partial charge < -0.3 is 9.88 Å². The van der Waals surface area contributed by atoms with E-state index in [1.165, 1.54) is 6.07 Å². The highest BCUT2D eigenvalue weighted by Gasteiger charge is 2.04. The molecule has 0 bridgehead atoms. The van der Waals surface area contributed by atoms with Gasteiger partial charge in [0.2, 0.25) is 5.95 Å². The third-order valence-electron chi connectivity index (χ3n) is 2.49. The molecule has 0 radical (unpaired) electrons. The Morgan fingerprint density at radius 3 is 2.82 bits per heavy atom. The largest absolute Gasteiger partial charge is 0.352 e. The van der Waals surface area contributed by atoms with Crippen LogP contribution in [0.5, 0.6) is 0 Å². The minimum absolute atomic E-state index is 0.411. The van der Waals surface area contributed by atoms with Gasteiger partial charge in [0.15, 0.2) is 11.6 Å². The highest BCUT2D eigenvalue weighted by Crippen LogP contribution is 2.11. The van der Waals surface area contributed by atoms with Crippen LogP contribution in [0.4, 0.5) is 14.7 Å². The molecule has 1 heterocycles. The maximum absolute atomic E-state index is 13.0. The summed E-state index contributed by atoms with van der Waals surface area (Å²) in [7, 11) is 0. The Kier molecular flexibility index (Phi) is 3.37. The average Bonchev–Trinajstić information content (AvgIpc) is 2.78. The van der Waals surface area contributed by atoms with E-state index in [-0.39, 0.29) is 0 Å². The van der Waals surface area contributed by atoms with Gasteiger partial charge in [0.1, 0.15) is 0 Å². The highest BCUT2D eigenvalue weighted by molar-refractivity contribution is 5.29. The van der Waals surface area contributed by atoms with Crippen molar-refractivity contribution in [2.75, 3.05) is 5.32 Å². The summed E-state index contributed by atoms with van der Waals surface area (Å²) in [6, 6.07) is 3.85. The maximum atomic E-state index is 13.0. The lowest BCUT2D eigenvalue weighted by atomic mass is 10.2. The summed E-state index contributed by atoms with van der Waals surface area (Å²) in [5.74, 6) is -0.941. The minimum atomic E-state index is -0.830. The first-order valence-electron chi connectivity index (χ1n) is 5.39. The van der Waals surface area contributed by atoms with E-state index in [1.54, 1.807) is 12.3 Å². The van der Waals surface area contributed by atoms with Gasteiger partial charge in [-0.3, -0.25) is 0 Å². The fourth-order valence-corrected chi connectivity index (χ4v) is 1.56. The van der Waals surface area contributed by atoms with E-state index in [9.17, 15) is 8.78 Å². The van der Waals surface area contributed by atoms with Crippen molar-refractivity contribution in [3.8, 4) is 0 Å². The molecule has 1 aromatic carbocycles. The number of imidazole rings is 1. The molecular formula is C12H13F2N3. The molecule has 0 unspecified atom stereocenters. The Morgan fingerprint density at radius 2 is 2.12 bits per heavy atom. The van der Waals surface area contributed by atoms with Crippen LogP contribution < -0.4 is 5.32 Å². The van der Waals surface area contributed by atoms with Crippen LogP contribution in [0, 0.1) is 11.6 Å². The number of aromatic nitrogens is 2. The summed E-state index contributed by atoms with van der Waals surface area (Å²) in [6.45, 7) is 3.22. The van der Waals surface area contributed by atoms with Crippen LogP contribution in [0.3, 0.4) is 0 Å². The summed E-state index contributed by atoms with van der Waals surface area (Å²) in [4.78, 5) is 4.13. The number of nitrogens with one attached hydrogen (secondary N) is 1. The van der Waals surface area contributed by atoms with Crippen LogP contribution in [0.25, 0.3) is 0 Å². The van der Waals surface area contributed by atoms with E-state index < -0.39 is 11.6 Å². The van der Waals surface area contributed by atoms with E-state index >= 15 is 0 Å². The summed E-state index contributed by atoms with van der Waals surface area (Å²) in [5.41, 5.74) is 0.676. The molecule has 17 heavy (non-hydrogen) atoms. The fourth-order valence-electron chi connectivity index (χ4n) is 1.56. The van der Waals surface area contributed by atoms with E-state index in [0.29, 0.717) is 12.1 Å². The van der Waals surface area contributed by atoms with Crippen molar-refractivity contribution in [2.45, 2.75) is 20.0 Å². The molecule has 1 aromatic heterocycles. The molecule has 5 heteroatoms. The zero-order chi connectivity index (χ0) is 12.3. The number of benzene rings is 1. The Morgan fingerprint density at radius 1 is 1.29 bits per heavy atom. The van der Waals surface area contributed by atoms with Gasteiger partial charge in [-0.05, 0) is 24.6 Å². The molecule has 90 valence electrons. The van der Waals surface area contributed by atoms with Crippen molar-refractivity contribution in [2.24, 2.45) is 0 Å². The second kappa shape index (κ2) is 4.95. The Hall–Kier alpha value is -1.91. The molecule has 2 rings (SSSR count). The van der Waals surface area contributed by atoms with E-state index in [1.807, 2.05) is 17.7 Å². The Balaban J connectivity index is 2.05. The smallest absolute Gasteiger partial charge is 0.203 e. The normalized spacial score (nSPS) is 10.5. The lowest BCUT2D eigenvalue weighted by Gasteiger charge is -2.08. The second-order valence-corrected chi connectivity index (χ2v) is 3.64. The molecule has 0 atom stereocenters. The first kappa shape index (κ1) is 11.6. The number of halogens is 2. The van der Waals surface area contributed by atoms with Gasteiger partial charge in [0.25, 0.3) is 0 Å². The van der Waals surface area contributed by atoms with Crippen LogP contribution in [0.15, 0.2) is 30.6 Å². The topological polar surface area (TPSA) is 29.9 Å². The molecule has 0 fully saturated rings. The van der Waals surface area contributed by atoms with Crippen LogP contribution in [-0.2, 0) is 13.1 Å². The lowest BCUT2D eigenvalue weighted by Crippen LogP contribution is -2.06. The molecule has 2 aromatic rings. The van der Waals surface area contributed by atoms with E-state index in [0.717, 1.165) is 18.6 Å². The van der Waals surface area contributed by atoms with Crippen LogP contribution in [0.1, 0.15) is 12.5 Å². The van der Waals surface area contributed by atoms with Crippen LogP contribution in [-0.4, -0.2) is 9.55 Å².